The molecule has 2 aromatic rings. The van der Waals surface area contributed by atoms with E-state index in [2.05, 4.69) is 29.5 Å². The molecule has 1 heterocycles. The zero-order valence-corrected chi connectivity index (χ0v) is 9.07. The quantitative estimate of drug-likeness (QED) is 0.826. The minimum absolute atomic E-state index is 0.818. The van der Waals surface area contributed by atoms with Gasteiger partial charge in [-0.15, -0.1) is 0 Å². The van der Waals surface area contributed by atoms with Gasteiger partial charge in [-0.3, -0.25) is 4.68 Å². The second kappa shape index (κ2) is 4.17. The lowest BCUT2D eigenvalue weighted by Crippen LogP contribution is -2.01. The Hall–Kier alpha value is -1.77. The molecule has 2 rings (SSSR count). The molecule has 0 unspecified atom stereocenters. The van der Waals surface area contributed by atoms with Crippen LogP contribution in [0.2, 0.25) is 0 Å². The van der Waals surface area contributed by atoms with E-state index in [9.17, 15) is 0 Å². The van der Waals surface area contributed by atoms with Gasteiger partial charge in [0.15, 0.2) is 5.82 Å². The van der Waals surface area contributed by atoms with Crippen LogP contribution >= 0.6 is 0 Å². The zero-order valence-electron chi connectivity index (χ0n) is 9.07. The second-order valence-electron chi connectivity index (χ2n) is 3.67. The molecule has 1 N–H and O–H groups in total. The van der Waals surface area contributed by atoms with Crippen LogP contribution in [0.3, 0.4) is 0 Å². The molecule has 15 heavy (non-hydrogen) atoms. The predicted octanol–water partition coefficient (Wildman–Crippen LogP) is 2.34. The lowest BCUT2D eigenvalue weighted by molar-refractivity contribution is 0.768. The van der Waals surface area contributed by atoms with Crippen molar-refractivity contribution >= 4 is 5.82 Å². The summed E-state index contributed by atoms with van der Waals surface area (Å²) in [6, 6.07) is 10.3. The first-order chi connectivity index (χ1) is 7.25. The van der Waals surface area contributed by atoms with Gasteiger partial charge < -0.3 is 5.32 Å². The van der Waals surface area contributed by atoms with Crippen LogP contribution in [0.4, 0.5) is 5.82 Å². The van der Waals surface area contributed by atoms with Gasteiger partial charge in [0.2, 0.25) is 0 Å². The van der Waals surface area contributed by atoms with E-state index >= 15 is 0 Å². The first-order valence-electron chi connectivity index (χ1n) is 5.04. The molecule has 0 saturated heterocycles. The first-order valence-corrected chi connectivity index (χ1v) is 5.04. The third-order valence-corrected chi connectivity index (χ3v) is 2.31. The topological polar surface area (TPSA) is 29.9 Å². The molecule has 0 atom stereocenters. The molecule has 0 spiro atoms. The largest absolute Gasteiger partial charge is 0.364 e. The van der Waals surface area contributed by atoms with Crippen LogP contribution in [0.15, 0.2) is 36.5 Å². The summed E-state index contributed by atoms with van der Waals surface area (Å²) in [7, 11) is 1.93. The summed E-state index contributed by atoms with van der Waals surface area (Å²) in [4.78, 5) is 0. The van der Waals surface area contributed by atoms with E-state index in [-0.39, 0.29) is 0 Å². The fourth-order valence-corrected chi connectivity index (χ4v) is 1.56. The van der Waals surface area contributed by atoms with E-state index in [1.807, 2.05) is 36.1 Å². The zero-order chi connectivity index (χ0) is 10.7. The monoisotopic (exact) mass is 201 g/mol. The van der Waals surface area contributed by atoms with Crippen LogP contribution in [0.25, 0.3) is 0 Å². The summed E-state index contributed by atoms with van der Waals surface area (Å²) >= 11 is 0. The van der Waals surface area contributed by atoms with Crippen LogP contribution in [-0.4, -0.2) is 9.78 Å². The van der Waals surface area contributed by atoms with E-state index in [4.69, 9.17) is 0 Å². The van der Waals surface area contributed by atoms with E-state index in [0.29, 0.717) is 0 Å². The van der Waals surface area contributed by atoms with Gasteiger partial charge in [0.25, 0.3) is 0 Å². The Balaban J connectivity index is 2.02. The van der Waals surface area contributed by atoms with Gasteiger partial charge in [-0.25, -0.2) is 0 Å². The Labute approximate surface area is 89.7 Å². The smallest absolute Gasteiger partial charge is 0.151 e. The standard InChI is InChI=1S/C12H15N3/c1-10-9-15(2)14-12(10)13-8-11-6-4-3-5-7-11/h3-7,9H,8H2,1-2H3,(H,13,14). The molecule has 0 fully saturated rings. The predicted molar refractivity (Wildman–Crippen MR) is 61.7 cm³/mol. The Morgan fingerprint density at radius 3 is 2.60 bits per heavy atom. The van der Waals surface area contributed by atoms with E-state index in [1.165, 1.54) is 11.1 Å². The number of aryl methyl sites for hydroxylation is 2. The lowest BCUT2D eigenvalue weighted by Gasteiger charge is -2.03. The normalized spacial score (nSPS) is 10.3. The van der Waals surface area contributed by atoms with Gasteiger partial charge >= 0.3 is 0 Å². The third kappa shape index (κ3) is 2.37. The summed E-state index contributed by atoms with van der Waals surface area (Å²) in [5, 5.41) is 7.65. The lowest BCUT2D eigenvalue weighted by atomic mass is 10.2. The molecule has 0 saturated carbocycles. The van der Waals surface area contributed by atoms with Crippen molar-refractivity contribution < 1.29 is 0 Å². The number of aromatic nitrogens is 2. The number of nitrogens with one attached hydrogen (secondary N) is 1. The second-order valence-corrected chi connectivity index (χ2v) is 3.67. The number of benzene rings is 1. The Morgan fingerprint density at radius 1 is 1.27 bits per heavy atom. The molecular weight excluding hydrogens is 186 g/mol. The fourth-order valence-electron chi connectivity index (χ4n) is 1.56. The van der Waals surface area contributed by atoms with Gasteiger partial charge in [-0.1, -0.05) is 30.3 Å². The Kier molecular flexibility index (Phi) is 2.72. The number of rotatable bonds is 3. The molecule has 0 aliphatic rings. The summed E-state index contributed by atoms with van der Waals surface area (Å²) in [6.07, 6.45) is 2.01. The summed E-state index contributed by atoms with van der Waals surface area (Å²) in [5.74, 6) is 0.960. The van der Waals surface area contributed by atoms with Crippen molar-refractivity contribution in [2.45, 2.75) is 13.5 Å². The Bertz CT molecular complexity index is 431. The van der Waals surface area contributed by atoms with E-state index in [0.717, 1.165) is 12.4 Å². The highest BCUT2D eigenvalue weighted by molar-refractivity contribution is 5.42. The van der Waals surface area contributed by atoms with Crippen molar-refractivity contribution in [3.8, 4) is 0 Å². The van der Waals surface area contributed by atoms with Crippen molar-refractivity contribution in [1.29, 1.82) is 0 Å². The fraction of sp³-hybridized carbons (Fsp3) is 0.250. The minimum atomic E-state index is 0.818. The molecule has 1 aromatic carbocycles. The van der Waals surface area contributed by atoms with Gasteiger partial charge in [0.05, 0.1) is 0 Å². The van der Waals surface area contributed by atoms with Gasteiger partial charge in [-0.05, 0) is 12.5 Å². The summed E-state index contributed by atoms with van der Waals surface area (Å²) in [5.41, 5.74) is 2.44. The summed E-state index contributed by atoms with van der Waals surface area (Å²) in [6.45, 7) is 2.87. The molecule has 1 aromatic heterocycles. The molecule has 3 heteroatoms. The number of nitrogens with zero attached hydrogens (tertiary/aromatic N) is 2. The molecule has 0 amide bonds. The highest BCUT2D eigenvalue weighted by Gasteiger charge is 2.01. The average molecular weight is 201 g/mol. The van der Waals surface area contributed by atoms with Crippen LogP contribution in [0, 0.1) is 6.92 Å². The van der Waals surface area contributed by atoms with Gasteiger partial charge in [-0.2, -0.15) is 5.10 Å². The highest BCUT2D eigenvalue weighted by atomic mass is 15.3. The third-order valence-electron chi connectivity index (χ3n) is 2.31. The maximum Gasteiger partial charge on any atom is 0.151 e. The van der Waals surface area contributed by atoms with Gasteiger partial charge in [0, 0.05) is 25.4 Å². The molecule has 0 radical (unpaired) electrons. The number of anilines is 1. The van der Waals surface area contributed by atoms with Crippen LogP contribution in [-0.2, 0) is 13.6 Å². The van der Waals surface area contributed by atoms with Crippen molar-refractivity contribution in [1.82, 2.24) is 9.78 Å². The average Bonchev–Trinajstić information content (AvgIpc) is 2.56. The van der Waals surface area contributed by atoms with Crippen LogP contribution in [0.5, 0.6) is 0 Å². The maximum atomic E-state index is 4.33. The van der Waals surface area contributed by atoms with Crippen molar-refractivity contribution in [2.75, 3.05) is 5.32 Å². The summed E-state index contributed by atoms with van der Waals surface area (Å²) < 4.78 is 1.82. The van der Waals surface area contributed by atoms with Crippen LogP contribution in [0.1, 0.15) is 11.1 Å². The molecule has 0 bridgehead atoms. The molecule has 78 valence electrons. The Morgan fingerprint density at radius 2 is 2.00 bits per heavy atom. The van der Waals surface area contributed by atoms with Crippen LogP contribution < -0.4 is 5.32 Å². The minimum Gasteiger partial charge on any atom is -0.364 e. The maximum absolute atomic E-state index is 4.33. The highest BCUT2D eigenvalue weighted by Crippen LogP contribution is 2.11. The molecule has 0 aliphatic carbocycles. The first kappa shape index (κ1) is 9.77. The van der Waals surface area contributed by atoms with Crippen molar-refractivity contribution in [3.63, 3.8) is 0 Å². The van der Waals surface area contributed by atoms with Crippen molar-refractivity contribution in [3.05, 3.63) is 47.7 Å². The van der Waals surface area contributed by atoms with E-state index in [1.54, 1.807) is 0 Å². The molecule has 3 nitrogen and oxygen atoms in total. The molecule has 0 aliphatic heterocycles. The number of hydrogen-bond acceptors (Lipinski definition) is 2. The molecular formula is C12H15N3. The van der Waals surface area contributed by atoms with Gasteiger partial charge in [0.1, 0.15) is 0 Å². The van der Waals surface area contributed by atoms with Crippen molar-refractivity contribution in [2.24, 2.45) is 7.05 Å². The van der Waals surface area contributed by atoms with E-state index < -0.39 is 0 Å². The SMILES string of the molecule is Cc1cn(C)nc1NCc1ccccc1. The number of hydrogen-bond donors (Lipinski definition) is 1.